The molecule has 21 heavy (non-hydrogen) atoms. The third-order valence-electron chi connectivity index (χ3n) is 3.89. The van der Waals surface area contributed by atoms with Gasteiger partial charge < -0.3 is 5.32 Å². The molecule has 1 saturated carbocycles. The van der Waals surface area contributed by atoms with E-state index < -0.39 is 21.4 Å². The molecular formula is C14H19FN2O3S. The second-order valence-electron chi connectivity index (χ2n) is 5.38. The Hall–Kier alpha value is -1.47. The van der Waals surface area contributed by atoms with Gasteiger partial charge in [-0.2, -0.15) is 4.72 Å². The molecule has 1 amide bonds. The lowest BCUT2D eigenvalue weighted by Gasteiger charge is -2.28. The largest absolute Gasteiger partial charge is 0.358 e. The summed E-state index contributed by atoms with van der Waals surface area (Å²) in [6.45, 7) is 1.59. The van der Waals surface area contributed by atoms with Crippen LogP contribution in [-0.4, -0.2) is 26.9 Å². The number of carbonyl (C=O) groups excluding carboxylic acids is 1. The highest BCUT2D eigenvalue weighted by Gasteiger charge is 2.44. The lowest BCUT2D eigenvalue weighted by Crippen LogP contribution is -2.56. The molecule has 0 heterocycles. The molecule has 2 rings (SSSR count). The van der Waals surface area contributed by atoms with E-state index in [2.05, 4.69) is 10.0 Å². The van der Waals surface area contributed by atoms with Gasteiger partial charge in [0.1, 0.15) is 11.4 Å². The molecule has 2 N–H and O–H groups in total. The predicted octanol–water partition coefficient (Wildman–Crippen LogP) is 1.47. The van der Waals surface area contributed by atoms with E-state index in [9.17, 15) is 17.6 Å². The van der Waals surface area contributed by atoms with Crippen LogP contribution in [0.1, 0.15) is 31.2 Å². The smallest absolute Gasteiger partial charge is 0.241 e. The van der Waals surface area contributed by atoms with Crippen LogP contribution >= 0.6 is 0 Å². The highest BCUT2D eigenvalue weighted by atomic mass is 32.2. The minimum Gasteiger partial charge on any atom is -0.358 e. The van der Waals surface area contributed by atoms with Crippen LogP contribution in [0.25, 0.3) is 0 Å². The van der Waals surface area contributed by atoms with Crippen molar-refractivity contribution in [2.45, 2.75) is 43.0 Å². The van der Waals surface area contributed by atoms with Crippen molar-refractivity contribution in [1.82, 2.24) is 10.0 Å². The molecule has 1 fully saturated rings. The van der Waals surface area contributed by atoms with Crippen LogP contribution in [0.5, 0.6) is 0 Å². The normalized spacial score (nSPS) is 17.7. The van der Waals surface area contributed by atoms with E-state index in [1.54, 1.807) is 6.92 Å². The Morgan fingerprint density at radius 3 is 2.48 bits per heavy atom. The molecule has 1 aromatic rings. The maximum atomic E-state index is 13.3. The van der Waals surface area contributed by atoms with E-state index in [0.29, 0.717) is 18.4 Å². The number of sulfonamides is 1. The average molecular weight is 314 g/mol. The lowest BCUT2D eigenvalue weighted by atomic mass is 9.98. The maximum absolute atomic E-state index is 13.3. The van der Waals surface area contributed by atoms with Crippen molar-refractivity contribution in [2.24, 2.45) is 0 Å². The molecule has 0 aromatic heterocycles. The van der Waals surface area contributed by atoms with Crippen LogP contribution in [-0.2, 0) is 14.8 Å². The first-order valence-electron chi connectivity index (χ1n) is 6.83. The number of halogens is 1. The number of rotatable bonds is 4. The van der Waals surface area contributed by atoms with Gasteiger partial charge in [-0.25, -0.2) is 12.8 Å². The molecule has 7 heteroatoms. The summed E-state index contributed by atoms with van der Waals surface area (Å²) >= 11 is 0. The second kappa shape index (κ2) is 5.73. The highest BCUT2D eigenvalue weighted by molar-refractivity contribution is 7.89. The van der Waals surface area contributed by atoms with Gasteiger partial charge in [-0.15, -0.1) is 0 Å². The molecule has 1 aromatic carbocycles. The number of amides is 1. The van der Waals surface area contributed by atoms with Gasteiger partial charge in [0.25, 0.3) is 0 Å². The Morgan fingerprint density at radius 1 is 1.29 bits per heavy atom. The molecule has 0 atom stereocenters. The summed E-state index contributed by atoms with van der Waals surface area (Å²) in [7, 11) is -2.48. The van der Waals surface area contributed by atoms with Crippen molar-refractivity contribution in [3.05, 3.63) is 29.6 Å². The molecule has 1 aliphatic rings. The molecule has 0 saturated heterocycles. The van der Waals surface area contributed by atoms with Gasteiger partial charge in [0.2, 0.25) is 15.9 Å². The Labute approximate surface area is 124 Å². The Balaban J connectivity index is 2.40. The zero-order valence-electron chi connectivity index (χ0n) is 12.1. The molecule has 0 aliphatic heterocycles. The first kappa shape index (κ1) is 15.9. The first-order chi connectivity index (χ1) is 9.81. The van der Waals surface area contributed by atoms with Gasteiger partial charge in [-0.1, -0.05) is 18.9 Å². The quantitative estimate of drug-likeness (QED) is 0.884. The fraction of sp³-hybridized carbons (Fsp3) is 0.500. The summed E-state index contributed by atoms with van der Waals surface area (Å²) in [5, 5.41) is 2.51. The van der Waals surface area contributed by atoms with E-state index in [0.717, 1.165) is 18.9 Å². The number of carbonyl (C=O) groups is 1. The summed E-state index contributed by atoms with van der Waals surface area (Å²) in [6, 6.07) is 3.59. The summed E-state index contributed by atoms with van der Waals surface area (Å²) in [5.74, 6) is -0.973. The SMILES string of the molecule is CNC(=O)C1(NS(=O)(=O)c2cc(F)ccc2C)CCCC1. The van der Waals surface area contributed by atoms with Crippen molar-refractivity contribution in [1.29, 1.82) is 0 Å². The van der Waals surface area contributed by atoms with Gasteiger partial charge in [-0.3, -0.25) is 4.79 Å². The zero-order valence-corrected chi connectivity index (χ0v) is 12.9. The third-order valence-corrected chi connectivity index (χ3v) is 5.57. The number of aryl methyl sites for hydroxylation is 1. The van der Waals surface area contributed by atoms with Crippen molar-refractivity contribution in [2.75, 3.05) is 7.05 Å². The van der Waals surface area contributed by atoms with Crippen LogP contribution in [0.2, 0.25) is 0 Å². The van der Waals surface area contributed by atoms with Crippen molar-refractivity contribution >= 4 is 15.9 Å². The summed E-state index contributed by atoms with van der Waals surface area (Å²) in [5.41, 5.74) is -0.694. The molecule has 0 unspecified atom stereocenters. The van der Waals surface area contributed by atoms with E-state index in [1.165, 1.54) is 19.2 Å². The van der Waals surface area contributed by atoms with Gasteiger partial charge >= 0.3 is 0 Å². The van der Waals surface area contributed by atoms with Crippen LogP contribution in [0.15, 0.2) is 23.1 Å². The van der Waals surface area contributed by atoms with E-state index in [-0.39, 0.29) is 10.8 Å². The van der Waals surface area contributed by atoms with Gasteiger partial charge in [-0.05, 0) is 37.5 Å². The summed E-state index contributed by atoms with van der Waals surface area (Å²) in [6.07, 6.45) is 2.44. The van der Waals surface area contributed by atoms with Gasteiger partial charge in [0.05, 0.1) is 4.90 Å². The van der Waals surface area contributed by atoms with Crippen LogP contribution in [0, 0.1) is 12.7 Å². The molecule has 0 radical (unpaired) electrons. The number of hydrogen-bond donors (Lipinski definition) is 2. The Morgan fingerprint density at radius 2 is 1.90 bits per heavy atom. The number of nitrogens with one attached hydrogen (secondary N) is 2. The molecule has 116 valence electrons. The molecule has 0 spiro atoms. The van der Waals surface area contributed by atoms with E-state index in [4.69, 9.17) is 0 Å². The monoisotopic (exact) mass is 314 g/mol. The van der Waals surface area contributed by atoms with Crippen molar-refractivity contribution < 1.29 is 17.6 Å². The van der Waals surface area contributed by atoms with Gasteiger partial charge in [0, 0.05) is 7.05 Å². The Kier molecular flexibility index (Phi) is 4.34. The lowest BCUT2D eigenvalue weighted by molar-refractivity contribution is -0.126. The average Bonchev–Trinajstić information content (AvgIpc) is 2.89. The maximum Gasteiger partial charge on any atom is 0.241 e. The fourth-order valence-corrected chi connectivity index (χ4v) is 4.45. The first-order valence-corrected chi connectivity index (χ1v) is 8.31. The minimum atomic E-state index is -3.96. The number of hydrogen-bond acceptors (Lipinski definition) is 3. The van der Waals surface area contributed by atoms with Gasteiger partial charge in [0.15, 0.2) is 0 Å². The van der Waals surface area contributed by atoms with Crippen LogP contribution < -0.4 is 10.0 Å². The molecule has 5 nitrogen and oxygen atoms in total. The van der Waals surface area contributed by atoms with Crippen LogP contribution in [0.4, 0.5) is 4.39 Å². The molecule has 0 bridgehead atoms. The van der Waals surface area contributed by atoms with Crippen molar-refractivity contribution in [3.8, 4) is 0 Å². The van der Waals surface area contributed by atoms with Crippen molar-refractivity contribution in [3.63, 3.8) is 0 Å². The highest BCUT2D eigenvalue weighted by Crippen LogP contribution is 2.32. The van der Waals surface area contributed by atoms with Crippen LogP contribution in [0.3, 0.4) is 0 Å². The Bertz CT molecular complexity index is 652. The van der Waals surface area contributed by atoms with E-state index >= 15 is 0 Å². The zero-order chi connectivity index (χ0) is 15.7. The predicted molar refractivity (Wildman–Crippen MR) is 76.7 cm³/mol. The number of likely N-dealkylation sites (N-methyl/N-ethyl adjacent to an activating group) is 1. The molecule has 1 aliphatic carbocycles. The number of benzene rings is 1. The summed E-state index contributed by atoms with van der Waals surface area (Å²) in [4.78, 5) is 12.0. The minimum absolute atomic E-state index is 0.127. The standard InChI is InChI=1S/C14H19FN2O3S/c1-10-5-6-11(15)9-12(10)21(19,20)17-14(13(18)16-2)7-3-4-8-14/h5-6,9,17H,3-4,7-8H2,1-2H3,(H,16,18). The molecular weight excluding hydrogens is 295 g/mol. The summed E-state index contributed by atoms with van der Waals surface area (Å²) < 4.78 is 40.9. The topological polar surface area (TPSA) is 75.3 Å². The van der Waals surface area contributed by atoms with E-state index in [1.807, 2.05) is 0 Å². The third kappa shape index (κ3) is 3.08. The second-order valence-corrected chi connectivity index (χ2v) is 7.03. The fourth-order valence-electron chi connectivity index (χ4n) is 2.77.